The largest absolute Gasteiger partial charge is 0.486 e. The van der Waals surface area contributed by atoms with Gasteiger partial charge in [0.2, 0.25) is 0 Å². The molecule has 0 unspecified atom stereocenters. The molecular weight excluding hydrogens is 230 g/mol. The molecule has 2 heterocycles. The van der Waals surface area contributed by atoms with Gasteiger partial charge >= 0.3 is 0 Å². The summed E-state index contributed by atoms with van der Waals surface area (Å²) in [5.41, 5.74) is 3.49. The Bertz CT molecular complexity index is 601. The van der Waals surface area contributed by atoms with Crippen molar-refractivity contribution in [1.29, 1.82) is 0 Å². The number of aromatic nitrogens is 1. The van der Waals surface area contributed by atoms with Crippen LogP contribution in [0.3, 0.4) is 0 Å². The fraction of sp³-hybridized carbons (Fsp3) is 0.429. The molecule has 0 amide bonds. The third kappa shape index (κ3) is 1.56. The number of aliphatic hydroxyl groups excluding tert-OH is 1. The molecule has 1 aromatic heterocycles. The SMILES string of the molecule is Cc1c(CCO)c2cc3c(cc2n1C)OCCO3. The lowest BCUT2D eigenvalue weighted by Gasteiger charge is -2.18. The third-order valence-corrected chi connectivity index (χ3v) is 3.65. The Kier molecular flexibility index (Phi) is 2.67. The van der Waals surface area contributed by atoms with Crippen molar-refractivity contribution in [3.63, 3.8) is 0 Å². The average molecular weight is 247 g/mol. The van der Waals surface area contributed by atoms with Crippen molar-refractivity contribution in [3.8, 4) is 11.5 Å². The Morgan fingerprint density at radius 2 is 1.89 bits per heavy atom. The zero-order valence-electron chi connectivity index (χ0n) is 10.7. The van der Waals surface area contributed by atoms with Gasteiger partial charge in [0.15, 0.2) is 11.5 Å². The maximum absolute atomic E-state index is 9.19. The summed E-state index contributed by atoms with van der Waals surface area (Å²) in [7, 11) is 2.04. The van der Waals surface area contributed by atoms with Crippen molar-refractivity contribution in [3.05, 3.63) is 23.4 Å². The van der Waals surface area contributed by atoms with Gasteiger partial charge in [0.25, 0.3) is 0 Å². The van der Waals surface area contributed by atoms with Gasteiger partial charge in [0.1, 0.15) is 13.2 Å². The van der Waals surface area contributed by atoms with Crippen molar-refractivity contribution in [1.82, 2.24) is 4.57 Å². The number of rotatable bonds is 2. The van der Waals surface area contributed by atoms with Gasteiger partial charge in [-0.3, -0.25) is 0 Å². The van der Waals surface area contributed by atoms with Crippen LogP contribution in [0, 0.1) is 6.92 Å². The molecule has 1 aliphatic rings. The zero-order chi connectivity index (χ0) is 12.7. The molecule has 96 valence electrons. The topological polar surface area (TPSA) is 43.6 Å². The minimum absolute atomic E-state index is 0.161. The summed E-state index contributed by atoms with van der Waals surface area (Å²) >= 11 is 0. The van der Waals surface area contributed by atoms with Gasteiger partial charge in [-0.05, 0) is 25.0 Å². The number of benzene rings is 1. The summed E-state index contributed by atoms with van der Waals surface area (Å²) in [4.78, 5) is 0. The van der Waals surface area contributed by atoms with Crippen LogP contribution < -0.4 is 9.47 Å². The standard InChI is InChI=1S/C14H17NO3/c1-9-10(3-4-16)11-7-13-14(18-6-5-17-13)8-12(11)15(9)2/h7-8,16H,3-6H2,1-2H3. The van der Waals surface area contributed by atoms with E-state index in [2.05, 4.69) is 11.5 Å². The van der Waals surface area contributed by atoms with Crippen molar-refractivity contribution < 1.29 is 14.6 Å². The predicted octanol–water partition coefficient (Wildman–Crippen LogP) is 1.79. The lowest BCUT2D eigenvalue weighted by molar-refractivity contribution is 0.172. The summed E-state index contributed by atoms with van der Waals surface area (Å²) in [6, 6.07) is 4.06. The number of aliphatic hydroxyl groups is 1. The number of fused-ring (bicyclic) bond motifs is 2. The number of hydrogen-bond donors (Lipinski definition) is 1. The molecule has 0 radical (unpaired) electrons. The van der Waals surface area contributed by atoms with Crippen LogP contribution in [-0.4, -0.2) is 29.5 Å². The molecule has 0 spiro atoms. The van der Waals surface area contributed by atoms with E-state index in [9.17, 15) is 5.11 Å². The number of aryl methyl sites for hydroxylation is 1. The first-order valence-electron chi connectivity index (χ1n) is 6.20. The van der Waals surface area contributed by atoms with Crippen LogP contribution in [0.4, 0.5) is 0 Å². The molecule has 3 rings (SSSR count). The Labute approximate surface area is 106 Å². The van der Waals surface area contributed by atoms with Crippen molar-refractivity contribution >= 4 is 10.9 Å². The van der Waals surface area contributed by atoms with Gasteiger partial charge in [-0.25, -0.2) is 0 Å². The monoisotopic (exact) mass is 247 g/mol. The highest BCUT2D eigenvalue weighted by Crippen LogP contribution is 2.37. The summed E-state index contributed by atoms with van der Waals surface area (Å²) in [5.74, 6) is 1.61. The molecule has 1 aliphatic heterocycles. The van der Waals surface area contributed by atoms with E-state index in [1.54, 1.807) is 0 Å². The third-order valence-electron chi connectivity index (χ3n) is 3.65. The van der Waals surface area contributed by atoms with Gasteiger partial charge in [-0.2, -0.15) is 0 Å². The molecule has 2 aromatic rings. The van der Waals surface area contributed by atoms with Crippen molar-refractivity contribution in [2.75, 3.05) is 19.8 Å². The second-order valence-corrected chi connectivity index (χ2v) is 4.61. The molecular formula is C14H17NO3. The molecule has 0 fully saturated rings. The number of ether oxygens (including phenoxy) is 2. The fourth-order valence-electron chi connectivity index (χ4n) is 2.60. The van der Waals surface area contributed by atoms with E-state index >= 15 is 0 Å². The van der Waals surface area contributed by atoms with Crippen LogP contribution >= 0.6 is 0 Å². The Morgan fingerprint density at radius 1 is 1.22 bits per heavy atom. The van der Waals surface area contributed by atoms with Gasteiger partial charge in [0.05, 0.1) is 5.52 Å². The molecule has 0 saturated carbocycles. The minimum atomic E-state index is 0.161. The van der Waals surface area contributed by atoms with Crippen LogP contribution in [0.1, 0.15) is 11.3 Å². The lowest BCUT2D eigenvalue weighted by atomic mass is 10.1. The van der Waals surface area contributed by atoms with E-state index in [4.69, 9.17) is 9.47 Å². The van der Waals surface area contributed by atoms with Crippen LogP contribution in [-0.2, 0) is 13.5 Å². The van der Waals surface area contributed by atoms with Crippen LogP contribution in [0.2, 0.25) is 0 Å². The molecule has 1 aromatic carbocycles. The normalized spacial score (nSPS) is 14.2. The van der Waals surface area contributed by atoms with Gasteiger partial charge in [-0.15, -0.1) is 0 Å². The van der Waals surface area contributed by atoms with Gasteiger partial charge in [-0.1, -0.05) is 0 Å². The first-order valence-corrected chi connectivity index (χ1v) is 6.20. The quantitative estimate of drug-likeness (QED) is 0.880. The summed E-state index contributed by atoms with van der Waals surface area (Å²) in [6.07, 6.45) is 0.669. The molecule has 0 saturated heterocycles. The van der Waals surface area contributed by atoms with Crippen molar-refractivity contribution in [2.24, 2.45) is 7.05 Å². The Hall–Kier alpha value is -1.68. The Balaban J connectivity index is 2.26. The fourth-order valence-corrected chi connectivity index (χ4v) is 2.60. The van der Waals surface area contributed by atoms with Gasteiger partial charge < -0.3 is 19.1 Å². The van der Waals surface area contributed by atoms with Crippen LogP contribution in [0.5, 0.6) is 11.5 Å². The second kappa shape index (κ2) is 4.21. The highest BCUT2D eigenvalue weighted by Gasteiger charge is 2.18. The number of nitrogens with zero attached hydrogens (tertiary/aromatic N) is 1. The van der Waals surface area contributed by atoms with E-state index in [0.29, 0.717) is 19.6 Å². The summed E-state index contributed by atoms with van der Waals surface area (Å²) in [5, 5.41) is 10.3. The van der Waals surface area contributed by atoms with E-state index in [-0.39, 0.29) is 6.61 Å². The maximum Gasteiger partial charge on any atom is 0.163 e. The van der Waals surface area contributed by atoms with E-state index in [0.717, 1.165) is 22.4 Å². The zero-order valence-corrected chi connectivity index (χ0v) is 10.7. The average Bonchev–Trinajstić information content (AvgIpc) is 2.62. The maximum atomic E-state index is 9.19. The van der Waals surface area contributed by atoms with Crippen LogP contribution in [0.15, 0.2) is 12.1 Å². The summed E-state index contributed by atoms with van der Waals surface area (Å²) in [6.45, 7) is 3.44. The van der Waals surface area contributed by atoms with Gasteiger partial charge in [0, 0.05) is 30.8 Å². The molecule has 18 heavy (non-hydrogen) atoms. The molecule has 0 atom stereocenters. The summed E-state index contributed by atoms with van der Waals surface area (Å²) < 4.78 is 13.4. The highest BCUT2D eigenvalue weighted by atomic mass is 16.6. The highest BCUT2D eigenvalue weighted by molar-refractivity contribution is 5.88. The number of hydrogen-bond acceptors (Lipinski definition) is 3. The van der Waals surface area contributed by atoms with Crippen LogP contribution in [0.25, 0.3) is 10.9 Å². The van der Waals surface area contributed by atoms with Crippen molar-refractivity contribution in [2.45, 2.75) is 13.3 Å². The molecule has 0 aliphatic carbocycles. The van der Waals surface area contributed by atoms with E-state index in [1.165, 1.54) is 11.3 Å². The minimum Gasteiger partial charge on any atom is -0.486 e. The predicted molar refractivity (Wildman–Crippen MR) is 69.4 cm³/mol. The Morgan fingerprint density at radius 3 is 2.56 bits per heavy atom. The van der Waals surface area contributed by atoms with E-state index < -0.39 is 0 Å². The lowest BCUT2D eigenvalue weighted by Crippen LogP contribution is -2.15. The molecule has 0 bridgehead atoms. The second-order valence-electron chi connectivity index (χ2n) is 4.61. The molecule has 4 heteroatoms. The smallest absolute Gasteiger partial charge is 0.163 e. The molecule has 4 nitrogen and oxygen atoms in total. The first kappa shape index (κ1) is 11.4. The first-order chi connectivity index (χ1) is 8.72. The molecule has 1 N–H and O–H groups in total. The van der Waals surface area contributed by atoms with E-state index in [1.807, 2.05) is 19.2 Å².